The molecule has 0 amide bonds. The summed E-state index contributed by atoms with van der Waals surface area (Å²) in [5, 5.41) is 0.464. The lowest BCUT2D eigenvalue weighted by atomic mass is 10.2. The van der Waals surface area contributed by atoms with Crippen molar-refractivity contribution in [1.82, 2.24) is 4.98 Å². The minimum absolute atomic E-state index is 0.518. The van der Waals surface area contributed by atoms with Crippen molar-refractivity contribution < 1.29 is 8.42 Å². The zero-order chi connectivity index (χ0) is 15.2. The van der Waals surface area contributed by atoms with Crippen LogP contribution in [0, 0.1) is 6.92 Å². The molecule has 0 saturated carbocycles. The van der Waals surface area contributed by atoms with Crippen molar-refractivity contribution in [3.63, 3.8) is 0 Å². The van der Waals surface area contributed by atoms with E-state index in [9.17, 15) is 8.42 Å². The number of thiazole rings is 1. The molecular weight excluding hydrogens is 326 g/mol. The maximum Gasteiger partial charge on any atom is 0.169 e. The normalized spacial score (nSPS) is 20.1. The van der Waals surface area contributed by atoms with Gasteiger partial charge in [0.05, 0.1) is 26.6 Å². The van der Waals surface area contributed by atoms with Crippen LogP contribution in [-0.4, -0.2) is 43.1 Å². The second-order valence-corrected chi connectivity index (χ2v) is 9.75. The van der Waals surface area contributed by atoms with Crippen LogP contribution in [0.25, 0.3) is 10.2 Å². The molecule has 2 aromatic rings. The second kappa shape index (κ2) is 5.33. The highest BCUT2D eigenvalue weighted by atomic mass is 32.2. The van der Waals surface area contributed by atoms with Gasteiger partial charge < -0.3 is 10.6 Å². The number of hydrogen-bond donors (Lipinski definition) is 1. The lowest BCUT2D eigenvalue weighted by Gasteiger charge is -2.36. The summed E-state index contributed by atoms with van der Waals surface area (Å²) in [7, 11) is -3.16. The van der Waals surface area contributed by atoms with Gasteiger partial charge in [-0.05, 0) is 19.1 Å². The standard InChI is InChI=1S/C13H17N3O2S3/c1-8-15-10-6-11(9(14)5-12(10)20-8)16-3-4-19-7-13(16)21(2,17)18/h5-6,13H,3-4,7,14H2,1-2H3. The first-order chi connectivity index (χ1) is 9.86. The first-order valence-corrected chi connectivity index (χ1v) is 10.5. The van der Waals surface area contributed by atoms with Gasteiger partial charge in [-0.15, -0.1) is 11.3 Å². The van der Waals surface area contributed by atoms with E-state index in [2.05, 4.69) is 4.98 Å². The summed E-state index contributed by atoms with van der Waals surface area (Å²) in [5.74, 6) is 1.48. The smallest absolute Gasteiger partial charge is 0.169 e. The lowest BCUT2D eigenvalue weighted by Crippen LogP contribution is -2.47. The fourth-order valence-electron chi connectivity index (χ4n) is 2.55. The van der Waals surface area contributed by atoms with Gasteiger partial charge in [0.1, 0.15) is 5.37 Å². The predicted molar refractivity (Wildman–Crippen MR) is 92.1 cm³/mol. The zero-order valence-electron chi connectivity index (χ0n) is 11.9. The van der Waals surface area contributed by atoms with E-state index in [0.717, 1.165) is 26.7 Å². The Kier molecular flexibility index (Phi) is 3.79. The summed E-state index contributed by atoms with van der Waals surface area (Å²) in [5.41, 5.74) is 8.45. The third-order valence-corrected chi connectivity index (χ3v) is 7.11. The minimum atomic E-state index is -3.16. The third kappa shape index (κ3) is 2.84. The summed E-state index contributed by atoms with van der Waals surface area (Å²) in [6.45, 7) is 2.64. The Labute approximate surface area is 132 Å². The van der Waals surface area contributed by atoms with E-state index in [0.29, 0.717) is 18.0 Å². The summed E-state index contributed by atoms with van der Waals surface area (Å²) in [6, 6.07) is 3.82. The molecule has 1 aliphatic heterocycles. The number of fused-ring (bicyclic) bond motifs is 1. The van der Waals surface area contributed by atoms with Crippen molar-refractivity contribution in [2.24, 2.45) is 0 Å². The molecule has 1 aliphatic rings. The van der Waals surface area contributed by atoms with Gasteiger partial charge in [-0.1, -0.05) is 0 Å². The topological polar surface area (TPSA) is 76.3 Å². The van der Waals surface area contributed by atoms with E-state index in [1.54, 1.807) is 23.1 Å². The first kappa shape index (κ1) is 14.9. The highest BCUT2D eigenvalue weighted by Crippen LogP contribution is 2.35. The van der Waals surface area contributed by atoms with Crippen molar-refractivity contribution in [2.75, 3.05) is 34.9 Å². The molecule has 3 rings (SSSR count). The third-order valence-electron chi connectivity index (χ3n) is 3.53. The van der Waals surface area contributed by atoms with Crippen LogP contribution >= 0.6 is 23.1 Å². The Bertz CT molecular complexity index is 785. The largest absolute Gasteiger partial charge is 0.397 e. The SMILES string of the molecule is Cc1nc2cc(N3CCSCC3S(C)(=O)=O)c(N)cc2s1. The molecule has 1 aromatic heterocycles. The van der Waals surface area contributed by atoms with Crippen molar-refractivity contribution in [2.45, 2.75) is 12.3 Å². The molecule has 1 unspecified atom stereocenters. The Balaban J connectivity index is 2.10. The monoisotopic (exact) mass is 343 g/mol. The maximum absolute atomic E-state index is 12.0. The number of nitrogens with zero attached hydrogens (tertiary/aromatic N) is 2. The van der Waals surface area contributed by atoms with E-state index in [4.69, 9.17) is 5.73 Å². The van der Waals surface area contributed by atoms with Gasteiger partial charge in [-0.3, -0.25) is 0 Å². The predicted octanol–water partition coefficient (Wildman–Crippen LogP) is 2.11. The number of rotatable bonds is 2. The molecule has 1 aromatic carbocycles. The van der Waals surface area contributed by atoms with Crippen molar-refractivity contribution in [3.8, 4) is 0 Å². The summed E-state index contributed by atoms with van der Waals surface area (Å²) in [4.78, 5) is 6.39. The molecule has 1 saturated heterocycles. The quantitative estimate of drug-likeness (QED) is 0.842. The molecule has 1 fully saturated rings. The van der Waals surface area contributed by atoms with Gasteiger partial charge in [-0.25, -0.2) is 13.4 Å². The van der Waals surface area contributed by atoms with Crippen molar-refractivity contribution >= 4 is 54.5 Å². The average molecular weight is 343 g/mol. The zero-order valence-corrected chi connectivity index (χ0v) is 14.3. The van der Waals surface area contributed by atoms with Crippen molar-refractivity contribution in [1.29, 1.82) is 0 Å². The molecule has 21 heavy (non-hydrogen) atoms. The molecule has 0 spiro atoms. The second-order valence-electron chi connectivity index (χ2n) is 5.16. The molecule has 8 heteroatoms. The number of aromatic nitrogens is 1. The maximum atomic E-state index is 12.0. The Morgan fingerprint density at radius 1 is 1.43 bits per heavy atom. The fraction of sp³-hybridized carbons (Fsp3) is 0.462. The Morgan fingerprint density at radius 2 is 2.19 bits per heavy atom. The van der Waals surface area contributed by atoms with Crippen molar-refractivity contribution in [3.05, 3.63) is 17.1 Å². The number of nitrogens with two attached hydrogens (primary N) is 1. The molecule has 5 nitrogen and oxygen atoms in total. The number of hydrogen-bond acceptors (Lipinski definition) is 7. The highest BCUT2D eigenvalue weighted by Gasteiger charge is 2.32. The van der Waals surface area contributed by atoms with E-state index < -0.39 is 15.2 Å². The molecular formula is C13H17N3O2S3. The molecule has 0 radical (unpaired) electrons. The minimum Gasteiger partial charge on any atom is -0.397 e. The van der Waals surface area contributed by atoms with E-state index in [-0.39, 0.29) is 0 Å². The molecule has 114 valence electrons. The molecule has 1 atom stereocenters. The van der Waals surface area contributed by atoms with Gasteiger partial charge in [0.25, 0.3) is 0 Å². The van der Waals surface area contributed by atoms with Crippen LogP contribution in [0.2, 0.25) is 0 Å². The molecule has 0 aliphatic carbocycles. The van der Waals surface area contributed by atoms with Crippen LogP contribution < -0.4 is 10.6 Å². The van der Waals surface area contributed by atoms with Gasteiger partial charge >= 0.3 is 0 Å². The van der Waals surface area contributed by atoms with Gasteiger partial charge in [0.15, 0.2) is 9.84 Å². The van der Waals surface area contributed by atoms with Crippen LogP contribution in [-0.2, 0) is 9.84 Å². The number of sulfone groups is 1. The molecule has 2 N–H and O–H groups in total. The van der Waals surface area contributed by atoms with Crippen LogP contribution in [0.15, 0.2) is 12.1 Å². The van der Waals surface area contributed by atoms with Crippen LogP contribution in [0.5, 0.6) is 0 Å². The summed E-state index contributed by atoms with van der Waals surface area (Å²) < 4.78 is 25.1. The van der Waals surface area contributed by atoms with Gasteiger partial charge in [0, 0.05) is 24.3 Å². The highest BCUT2D eigenvalue weighted by molar-refractivity contribution is 8.01. The number of nitrogen functional groups attached to an aromatic ring is 1. The van der Waals surface area contributed by atoms with E-state index >= 15 is 0 Å². The van der Waals surface area contributed by atoms with Crippen LogP contribution in [0.3, 0.4) is 0 Å². The molecule has 2 heterocycles. The summed E-state index contributed by atoms with van der Waals surface area (Å²) in [6.07, 6.45) is 1.29. The number of anilines is 2. The van der Waals surface area contributed by atoms with Crippen LogP contribution in [0.1, 0.15) is 5.01 Å². The van der Waals surface area contributed by atoms with Gasteiger partial charge in [0.2, 0.25) is 0 Å². The molecule has 0 bridgehead atoms. The average Bonchev–Trinajstić information content (AvgIpc) is 2.76. The number of benzene rings is 1. The number of aryl methyl sites for hydroxylation is 1. The summed E-state index contributed by atoms with van der Waals surface area (Å²) >= 11 is 3.26. The fourth-order valence-corrected chi connectivity index (χ4v) is 6.24. The Morgan fingerprint density at radius 3 is 2.90 bits per heavy atom. The van der Waals surface area contributed by atoms with E-state index in [1.807, 2.05) is 24.0 Å². The van der Waals surface area contributed by atoms with Crippen LogP contribution in [0.4, 0.5) is 11.4 Å². The lowest BCUT2D eigenvalue weighted by molar-refractivity contribution is 0.584. The van der Waals surface area contributed by atoms with Gasteiger partial charge in [-0.2, -0.15) is 11.8 Å². The Hall–Kier alpha value is -0.990. The first-order valence-electron chi connectivity index (χ1n) is 6.56. The van der Waals surface area contributed by atoms with E-state index in [1.165, 1.54) is 6.26 Å². The number of thioether (sulfide) groups is 1.